The molecule has 110 valence electrons. The van der Waals surface area contributed by atoms with Gasteiger partial charge in [-0.3, -0.25) is 9.69 Å². The predicted molar refractivity (Wildman–Crippen MR) is 75.3 cm³/mol. The van der Waals surface area contributed by atoms with Crippen LogP contribution in [0.25, 0.3) is 0 Å². The molecular formula is C15H21NO4. The van der Waals surface area contributed by atoms with Gasteiger partial charge in [0.25, 0.3) is 0 Å². The molecule has 1 unspecified atom stereocenters. The summed E-state index contributed by atoms with van der Waals surface area (Å²) in [7, 11) is 1.62. The van der Waals surface area contributed by atoms with Gasteiger partial charge in [0.05, 0.1) is 13.0 Å². The minimum atomic E-state index is -0.694. The highest BCUT2D eigenvalue weighted by Gasteiger charge is 2.24. The molecule has 1 N–H and O–H groups in total. The summed E-state index contributed by atoms with van der Waals surface area (Å²) in [4.78, 5) is 13.2. The fourth-order valence-corrected chi connectivity index (χ4v) is 2.48. The second-order valence-corrected chi connectivity index (χ2v) is 4.98. The summed E-state index contributed by atoms with van der Waals surface area (Å²) >= 11 is 0. The molecule has 1 saturated heterocycles. The van der Waals surface area contributed by atoms with Gasteiger partial charge in [0, 0.05) is 13.1 Å². The molecule has 2 rings (SSSR count). The molecule has 0 radical (unpaired) electrons. The van der Waals surface area contributed by atoms with Crippen molar-refractivity contribution in [2.75, 3.05) is 33.4 Å². The molecular weight excluding hydrogens is 258 g/mol. The normalized spacial score (nSPS) is 19.6. The number of hydrogen-bond donors (Lipinski definition) is 1. The van der Waals surface area contributed by atoms with Gasteiger partial charge in [-0.2, -0.15) is 0 Å². The Bertz CT molecular complexity index is 449. The van der Waals surface area contributed by atoms with Crippen molar-refractivity contribution in [3.63, 3.8) is 0 Å². The third-order valence-electron chi connectivity index (χ3n) is 3.59. The molecule has 0 bridgehead atoms. The Morgan fingerprint density at radius 3 is 2.85 bits per heavy atom. The lowest BCUT2D eigenvalue weighted by molar-refractivity contribution is -0.143. The van der Waals surface area contributed by atoms with Gasteiger partial charge in [-0.15, -0.1) is 0 Å². The van der Waals surface area contributed by atoms with E-state index in [0.29, 0.717) is 13.2 Å². The SMILES string of the molecule is COc1ccccc1OCCN1CCCC(C(=O)O)C1. The predicted octanol–water partition coefficient (Wildman–Crippen LogP) is 1.87. The van der Waals surface area contributed by atoms with E-state index in [2.05, 4.69) is 4.90 Å². The number of carboxylic acids is 1. The molecule has 1 aliphatic heterocycles. The molecule has 5 nitrogen and oxygen atoms in total. The third kappa shape index (κ3) is 3.87. The number of benzene rings is 1. The van der Waals surface area contributed by atoms with E-state index < -0.39 is 5.97 Å². The zero-order valence-corrected chi connectivity index (χ0v) is 11.7. The number of aliphatic carboxylic acids is 1. The summed E-state index contributed by atoms with van der Waals surface area (Å²) in [6.45, 7) is 2.83. The Hall–Kier alpha value is -1.75. The van der Waals surface area contributed by atoms with Gasteiger partial charge in [0.2, 0.25) is 0 Å². The van der Waals surface area contributed by atoms with E-state index in [-0.39, 0.29) is 5.92 Å². The molecule has 1 aromatic carbocycles. The fourth-order valence-electron chi connectivity index (χ4n) is 2.48. The van der Waals surface area contributed by atoms with Crippen LogP contribution in [0.5, 0.6) is 11.5 Å². The van der Waals surface area contributed by atoms with Crippen molar-refractivity contribution in [3.05, 3.63) is 24.3 Å². The number of para-hydroxylation sites is 2. The molecule has 20 heavy (non-hydrogen) atoms. The Kier molecular flexibility index (Phi) is 5.24. The van der Waals surface area contributed by atoms with E-state index >= 15 is 0 Å². The molecule has 1 atom stereocenters. The number of ether oxygens (including phenoxy) is 2. The second kappa shape index (κ2) is 7.14. The summed E-state index contributed by atoms with van der Waals surface area (Å²) in [5.74, 6) is 0.506. The lowest BCUT2D eigenvalue weighted by atomic mass is 9.98. The monoisotopic (exact) mass is 279 g/mol. The Morgan fingerprint density at radius 1 is 1.40 bits per heavy atom. The molecule has 5 heteroatoms. The molecule has 0 spiro atoms. The van der Waals surface area contributed by atoms with Crippen molar-refractivity contribution in [1.29, 1.82) is 0 Å². The largest absolute Gasteiger partial charge is 0.493 e. The maximum atomic E-state index is 11.0. The Balaban J connectivity index is 1.79. The number of piperidine rings is 1. The quantitative estimate of drug-likeness (QED) is 0.861. The standard InChI is InChI=1S/C15H21NO4/c1-19-13-6-2-3-7-14(13)20-10-9-16-8-4-5-12(11-16)15(17)18/h2-3,6-7,12H,4-5,8-11H2,1H3,(H,17,18). The van der Waals surface area contributed by atoms with Gasteiger partial charge in [-0.25, -0.2) is 0 Å². The third-order valence-corrected chi connectivity index (χ3v) is 3.59. The topological polar surface area (TPSA) is 59.0 Å². The van der Waals surface area contributed by atoms with Gasteiger partial charge in [-0.05, 0) is 31.5 Å². The maximum absolute atomic E-state index is 11.0. The second-order valence-electron chi connectivity index (χ2n) is 4.98. The number of carboxylic acid groups (broad SMARTS) is 1. The van der Waals surface area contributed by atoms with Crippen LogP contribution in [0.4, 0.5) is 0 Å². The van der Waals surface area contributed by atoms with E-state index in [1.807, 2.05) is 24.3 Å². The highest BCUT2D eigenvalue weighted by Crippen LogP contribution is 2.25. The lowest BCUT2D eigenvalue weighted by Gasteiger charge is -2.30. The minimum Gasteiger partial charge on any atom is -0.493 e. The zero-order chi connectivity index (χ0) is 14.4. The molecule has 0 aromatic heterocycles. The first kappa shape index (κ1) is 14.7. The Morgan fingerprint density at radius 2 is 2.15 bits per heavy atom. The zero-order valence-electron chi connectivity index (χ0n) is 11.7. The molecule has 1 aromatic rings. The van der Waals surface area contributed by atoms with Crippen molar-refractivity contribution < 1.29 is 19.4 Å². The van der Waals surface area contributed by atoms with Crippen LogP contribution in [0.2, 0.25) is 0 Å². The average Bonchev–Trinajstić information content (AvgIpc) is 2.48. The lowest BCUT2D eigenvalue weighted by Crippen LogP contribution is -2.40. The fraction of sp³-hybridized carbons (Fsp3) is 0.533. The highest BCUT2D eigenvalue weighted by atomic mass is 16.5. The molecule has 0 aliphatic carbocycles. The molecule has 1 aliphatic rings. The molecule has 1 fully saturated rings. The van der Waals surface area contributed by atoms with Gasteiger partial charge < -0.3 is 14.6 Å². The van der Waals surface area contributed by atoms with Crippen LogP contribution >= 0.6 is 0 Å². The van der Waals surface area contributed by atoms with Crippen LogP contribution in [-0.2, 0) is 4.79 Å². The van der Waals surface area contributed by atoms with Crippen molar-refractivity contribution in [3.8, 4) is 11.5 Å². The van der Waals surface area contributed by atoms with Crippen molar-refractivity contribution in [2.24, 2.45) is 5.92 Å². The van der Waals surface area contributed by atoms with Crippen LogP contribution in [0.15, 0.2) is 24.3 Å². The van der Waals surface area contributed by atoms with Gasteiger partial charge in [-0.1, -0.05) is 12.1 Å². The average molecular weight is 279 g/mol. The molecule has 0 amide bonds. The molecule has 1 heterocycles. The smallest absolute Gasteiger partial charge is 0.307 e. The van der Waals surface area contributed by atoms with Gasteiger partial charge >= 0.3 is 5.97 Å². The van der Waals surface area contributed by atoms with E-state index in [4.69, 9.17) is 14.6 Å². The van der Waals surface area contributed by atoms with Crippen molar-refractivity contribution in [2.45, 2.75) is 12.8 Å². The van der Waals surface area contributed by atoms with Crippen molar-refractivity contribution in [1.82, 2.24) is 4.90 Å². The van der Waals surface area contributed by atoms with Crippen LogP contribution in [-0.4, -0.2) is 49.3 Å². The summed E-state index contributed by atoms with van der Waals surface area (Å²) in [5.41, 5.74) is 0. The highest BCUT2D eigenvalue weighted by molar-refractivity contribution is 5.70. The number of carbonyl (C=O) groups is 1. The van der Waals surface area contributed by atoms with E-state index in [9.17, 15) is 4.79 Å². The van der Waals surface area contributed by atoms with Crippen molar-refractivity contribution >= 4 is 5.97 Å². The number of likely N-dealkylation sites (tertiary alicyclic amines) is 1. The van der Waals surface area contributed by atoms with Gasteiger partial charge in [0.15, 0.2) is 11.5 Å². The first-order chi connectivity index (χ1) is 9.70. The van der Waals surface area contributed by atoms with E-state index in [1.54, 1.807) is 7.11 Å². The summed E-state index contributed by atoms with van der Waals surface area (Å²) < 4.78 is 10.9. The van der Waals surface area contributed by atoms with Gasteiger partial charge in [0.1, 0.15) is 6.61 Å². The van der Waals surface area contributed by atoms with Crippen LogP contribution < -0.4 is 9.47 Å². The summed E-state index contributed by atoms with van der Waals surface area (Å²) in [6.07, 6.45) is 1.71. The minimum absolute atomic E-state index is 0.241. The first-order valence-electron chi connectivity index (χ1n) is 6.91. The Labute approximate surface area is 119 Å². The van der Waals surface area contributed by atoms with E-state index in [0.717, 1.165) is 37.4 Å². The van der Waals surface area contributed by atoms with Crippen LogP contribution in [0.3, 0.4) is 0 Å². The number of nitrogens with zero attached hydrogens (tertiary/aromatic N) is 1. The summed E-state index contributed by atoms with van der Waals surface area (Å²) in [6, 6.07) is 7.53. The van der Waals surface area contributed by atoms with E-state index in [1.165, 1.54) is 0 Å². The summed E-state index contributed by atoms with van der Waals surface area (Å²) in [5, 5.41) is 9.05. The number of hydrogen-bond acceptors (Lipinski definition) is 4. The molecule has 0 saturated carbocycles. The number of methoxy groups -OCH3 is 1. The van der Waals surface area contributed by atoms with Crippen LogP contribution in [0.1, 0.15) is 12.8 Å². The van der Waals surface area contributed by atoms with Crippen LogP contribution in [0, 0.1) is 5.92 Å². The number of rotatable bonds is 6. The first-order valence-corrected chi connectivity index (χ1v) is 6.91. The maximum Gasteiger partial charge on any atom is 0.307 e.